The molecule has 2 N–H and O–H groups in total. The standard InChI is InChI=1S/C17H20F3N3O2.C16H18F3N3O2/c1-3-9-24-13-7-5-12(6-8-13)22-16-21-11-14(17(18,19)20)15(23-16)25-10-4-2;1-3-9-24-12-7-5-11(6-8-12)21-15-20-10-13(16(17,18)19)14(22-15)23-4-2/h5-8,11H,3-4,9-10H2,1-2H3,(H,21,22,23);5-8,10H,3-4,9H2,1-2H3,(H,20,21,22). The Kier molecular flexibility index (Phi) is 14.5. The fourth-order valence-corrected chi connectivity index (χ4v) is 3.76. The fourth-order valence-electron chi connectivity index (χ4n) is 3.76. The number of nitrogens with one attached hydrogen (secondary N) is 2. The molecule has 0 saturated heterocycles. The lowest BCUT2D eigenvalue weighted by Gasteiger charge is -2.14. The first-order chi connectivity index (χ1) is 23.4. The van der Waals surface area contributed by atoms with Gasteiger partial charge in [0, 0.05) is 23.8 Å². The number of ether oxygens (including phenoxy) is 4. The SMILES string of the molecule is CCCOc1ccc(Nc2ncc(C(F)(F)F)c(OCC)n2)cc1.CCCOc1ccc(Nc2ncc(C(F)(F)F)c(OCCC)n2)cc1. The van der Waals surface area contributed by atoms with Crippen molar-refractivity contribution >= 4 is 23.3 Å². The highest BCUT2D eigenvalue weighted by Gasteiger charge is 2.37. The molecule has 0 saturated carbocycles. The van der Waals surface area contributed by atoms with Crippen LogP contribution in [0.4, 0.5) is 49.6 Å². The summed E-state index contributed by atoms with van der Waals surface area (Å²) in [4.78, 5) is 15.1. The Morgan fingerprint density at radius 1 is 0.531 bits per heavy atom. The third-order valence-corrected chi connectivity index (χ3v) is 6.01. The number of benzene rings is 2. The van der Waals surface area contributed by atoms with Crippen molar-refractivity contribution in [2.45, 2.75) is 59.3 Å². The van der Waals surface area contributed by atoms with Crippen LogP contribution in [0.25, 0.3) is 0 Å². The highest BCUT2D eigenvalue weighted by molar-refractivity contribution is 5.56. The molecular formula is C33H38F6N6O4. The number of anilines is 4. The summed E-state index contributed by atoms with van der Waals surface area (Å²) in [7, 11) is 0. The zero-order chi connectivity index (χ0) is 35.9. The Morgan fingerprint density at radius 3 is 1.24 bits per heavy atom. The van der Waals surface area contributed by atoms with Gasteiger partial charge in [-0.1, -0.05) is 20.8 Å². The molecule has 0 fully saturated rings. The molecule has 0 radical (unpaired) electrons. The second-order valence-electron chi connectivity index (χ2n) is 10.1. The van der Waals surface area contributed by atoms with Crippen molar-refractivity contribution in [1.29, 1.82) is 0 Å². The van der Waals surface area contributed by atoms with Gasteiger partial charge in [-0.05, 0) is 74.7 Å². The molecule has 0 bridgehead atoms. The van der Waals surface area contributed by atoms with E-state index in [0.717, 1.165) is 19.0 Å². The molecule has 4 aromatic rings. The molecular weight excluding hydrogens is 658 g/mol. The van der Waals surface area contributed by atoms with Crippen LogP contribution >= 0.6 is 0 Å². The average Bonchev–Trinajstić information content (AvgIpc) is 3.06. The van der Waals surface area contributed by atoms with E-state index in [2.05, 4.69) is 30.6 Å². The quantitative estimate of drug-likeness (QED) is 0.117. The van der Waals surface area contributed by atoms with E-state index in [0.29, 0.717) is 48.7 Å². The first kappa shape index (κ1) is 38.4. The van der Waals surface area contributed by atoms with Crippen molar-refractivity contribution in [2.75, 3.05) is 37.1 Å². The first-order valence-electron chi connectivity index (χ1n) is 15.5. The topological polar surface area (TPSA) is 113 Å². The van der Waals surface area contributed by atoms with Gasteiger partial charge in [0.05, 0.1) is 26.4 Å². The monoisotopic (exact) mass is 696 g/mol. The zero-order valence-corrected chi connectivity index (χ0v) is 27.4. The number of alkyl halides is 6. The first-order valence-corrected chi connectivity index (χ1v) is 15.5. The molecule has 0 aliphatic rings. The predicted molar refractivity (Wildman–Crippen MR) is 172 cm³/mol. The van der Waals surface area contributed by atoms with Gasteiger partial charge in [0.1, 0.15) is 22.6 Å². The van der Waals surface area contributed by atoms with Crippen LogP contribution in [0.2, 0.25) is 0 Å². The lowest BCUT2D eigenvalue weighted by atomic mass is 10.3. The lowest BCUT2D eigenvalue weighted by Crippen LogP contribution is -2.12. The number of nitrogens with zero attached hydrogens (tertiary/aromatic N) is 4. The largest absolute Gasteiger partial charge is 0.494 e. The minimum atomic E-state index is -4.57. The molecule has 49 heavy (non-hydrogen) atoms. The van der Waals surface area contributed by atoms with E-state index in [9.17, 15) is 26.3 Å². The van der Waals surface area contributed by atoms with Gasteiger partial charge < -0.3 is 29.6 Å². The third-order valence-electron chi connectivity index (χ3n) is 6.01. The van der Waals surface area contributed by atoms with Crippen molar-refractivity contribution < 1.29 is 45.3 Å². The number of hydrogen-bond acceptors (Lipinski definition) is 10. The van der Waals surface area contributed by atoms with E-state index in [1.165, 1.54) is 0 Å². The normalized spacial score (nSPS) is 11.2. The van der Waals surface area contributed by atoms with Crippen LogP contribution in [0.15, 0.2) is 60.9 Å². The smallest absolute Gasteiger partial charge is 0.423 e. The molecule has 2 heterocycles. The van der Waals surface area contributed by atoms with Crippen LogP contribution in [0.5, 0.6) is 23.3 Å². The zero-order valence-electron chi connectivity index (χ0n) is 27.4. The van der Waals surface area contributed by atoms with Crippen molar-refractivity contribution in [3.63, 3.8) is 0 Å². The van der Waals surface area contributed by atoms with Crippen LogP contribution in [-0.2, 0) is 12.4 Å². The van der Waals surface area contributed by atoms with Crippen LogP contribution in [0, 0.1) is 0 Å². The maximum atomic E-state index is 13.0. The van der Waals surface area contributed by atoms with Crippen LogP contribution in [0.3, 0.4) is 0 Å². The summed E-state index contributed by atoms with van der Waals surface area (Å²) in [5.74, 6) is 0.508. The number of rotatable bonds is 15. The van der Waals surface area contributed by atoms with Gasteiger partial charge in [0.25, 0.3) is 0 Å². The average molecular weight is 697 g/mol. The highest BCUT2D eigenvalue weighted by atomic mass is 19.4. The highest BCUT2D eigenvalue weighted by Crippen LogP contribution is 2.36. The Bertz CT molecular complexity index is 1570. The Morgan fingerprint density at radius 2 is 0.898 bits per heavy atom. The Labute approximate surface area is 280 Å². The molecule has 2 aromatic heterocycles. The van der Waals surface area contributed by atoms with Gasteiger partial charge in [-0.3, -0.25) is 0 Å². The summed E-state index contributed by atoms with van der Waals surface area (Å²) < 4.78 is 98.6. The molecule has 0 amide bonds. The van der Waals surface area contributed by atoms with Crippen LogP contribution in [0.1, 0.15) is 58.1 Å². The summed E-state index contributed by atoms with van der Waals surface area (Å²) in [5, 5.41) is 5.70. The fraction of sp³-hybridized carbons (Fsp3) is 0.394. The second-order valence-corrected chi connectivity index (χ2v) is 10.1. The third kappa shape index (κ3) is 12.5. The van der Waals surface area contributed by atoms with Gasteiger partial charge in [-0.15, -0.1) is 0 Å². The van der Waals surface area contributed by atoms with E-state index >= 15 is 0 Å². The van der Waals surface area contributed by atoms with Gasteiger partial charge in [0.15, 0.2) is 0 Å². The summed E-state index contributed by atoms with van der Waals surface area (Å²) in [6, 6.07) is 14.0. The van der Waals surface area contributed by atoms with Gasteiger partial charge in [-0.2, -0.15) is 36.3 Å². The molecule has 0 atom stereocenters. The van der Waals surface area contributed by atoms with Crippen molar-refractivity contribution in [2.24, 2.45) is 0 Å². The van der Waals surface area contributed by atoms with Crippen LogP contribution in [-0.4, -0.2) is 46.4 Å². The van der Waals surface area contributed by atoms with Crippen molar-refractivity contribution in [1.82, 2.24) is 19.9 Å². The summed E-state index contributed by atoms with van der Waals surface area (Å²) in [6.07, 6.45) is -5.33. The van der Waals surface area contributed by atoms with Crippen molar-refractivity contribution in [3.8, 4) is 23.3 Å². The molecule has 2 aromatic carbocycles. The van der Waals surface area contributed by atoms with E-state index in [1.54, 1.807) is 62.4 Å². The maximum Gasteiger partial charge on any atom is 0.423 e. The molecule has 4 rings (SSSR count). The molecule has 266 valence electrons. The van der Waals surface area contributed by atoms with Gasteiger partial charge >= 0.3 is 12.4 Å². The second kappa shape index (κ2) is 18.5. The van der Waals surface area contributed by atoms with E-state index in [4.69, 9.17) is 18.9 Å². The van der Waals surface area contributed by atoms with Gasteiger partial charge in [-0.25, -0.2) is 9.97 Å². The summed E-state index contributed by atoms with van der Waals surface area (Å²) in [5.41, 5.74) is -0.737. The summed E-state index contributed by atoms with van der Waals surface area (Å²) in [6.45, 7) is 8.86. The maximum absolute atomic E-state index is 13.0. The molecule has 10 nitrogen and oxygen atoms in total. The molecule has 16 heteroatoms. The van der Waals surface area contributed by atoms with E-state index < -0.39 is 35.2 Å². The van der Waals surface area contributed by atoms with E-state index in [-0.39, 0.29) is 25.1 Å². The molecule has 0 aliphatic heterocycles. The minimum Gasteiger partial charge on any atom is -0.494 e. The molecule has 0 aliphatic carbocycles. The lowest BCUT2D eigenvalue weighted by molar-refractivity contribution is -0.140. The number of aromatic nitrogens is 4. The minimum absolute atomic E-state index is 0.0219. The van der Waals surface area contributed by atoms with Crippen LogP contribution < -0.4 is 29.6 Å². The Balaban J connectivity index is 0.000000266. The van der Waals surface area contributed by atoms with E-state index in [1.807, 2.05) is 13.8 Å². The Hall–Kier alpha value is -5.02. The predicted octanol–water partition coefficient (Wildman–Crippen LogP) is 9.24. The molecule has 0 spiro atoms. The molecule has 0 unspecified atom stereocenters. The number of hydrogen-bond donors (Lipinski definition) is 2. The summed E-state index contributed by atoms with van der Waals surface area (Å²) >= 11 is 0. The van der Waals surface area contributed by atoms with Gasteiger partial charge in [0.2, 0.25) is 23.7 Å². The number of halogens is 6. The van der Waals surface area contributed by atoms with Crippen molar-refractivity contribution in [3.05, 3.63) is 72.1 Å².